The first-order valence-corrected chi connectivity index (χ1v) is 9.08. The van der Waals surface area contributed by atoms with Gasteiger partial charge in [-0.2, -0.15) is 0 Å². The van der Waals surface area contributed by atoms with Gasteiger partial charge in [-0.15, -0.1) is 10.2 Å². The Balaban J connectivity index is 1.68. The molecule has 0 aliphatic heterocycles. The van der Waals surface area contributed by atoms with Crippen LogP contribution in [0.25, 0.3) is 16.6 Å². The van der Waals surface area contributed by atoms with E-state index in [1.54, 1.807) is 0 Å². The minimum absolute atomic E-state index is 0.0960. The second-order valence-electron chi connectivity index (χ2n) is 6.11. The molecule has 4 nitrogen and oxygen atoms in total. The van der Waals surface area contributed by atoms with Crippen molar-refractivity contribution in [2.75, 3.05) is 5.75 Å². The second-order valence-corrected chi connectivity index (χ2v) is 7.05. The van der Waals surface area contributed by atoms with Gasteiger partial charge in [-0.3, -0.25) is 9.20 Å². The zero-order valence-corrected chi connectivity index (χ0v) is 14.9. The smallest absolute Gasteiger partial charge is 0.196 e. The van der Waals surface area contributed by atoms with Crippen LogP contribution < -0.4 is 0 Å². The Labute approximate surface area is 149 Å². The number of thioether (sulfide) groups is 1. The number of para-hydroxylation sites is 1. The van der Waals surface area contributed by atoms with Crippen molar-refractivity contribution in [2.24, 2.45) is 0 Å². The summed E-state index contributed by atoms with van der Waals surface area (Å²) >= 11 is 1.43. The van der Waals surface area contributed by atoms with E-state index in [1.807, 2.05) is 54.6 Å². The van der Waals surface area contributed by atoms with E-state index in [4.69, 9.17) is 0 Å². The van der Waals surface area contributed by atoms with Crippen LogP contribution in [0.1, 0.15) is 21.5 Å². The van der Waals surface area contributed by atoms with Gasteiger partial charge in [-0.1, -0.05) is 59.8 Å². The highest BCUT2D eigenvalue weighted by molar-refractivity contribution is 7.99. The molecular formula is C20H17N3OS. The largest absolute Gasteiger partial charge is 0.293 e. The lowest BCUT2D eigenvalue weighted by Gasteiger charge is -2.06. The fraction of sp³-hybridized carbons (Fsp3) is 0.150. The summed E-state index contributed by atoms with van der Waals surface area (Å²) in [6.45, 7) is 4.04. The lowest BCUT2D eigenvalue weighted by molar-refractivity contribution is 0.102. The summed E-state index contributed by atoms with van der Waals surface area (Å²) in [7, 11) is 0. The molecule has 0 spiro atoms. The third kappa shape index (κ3) is 2.91. The number of hydrogen-bond acceptors (Lipinski definition) is 4. The van der Waals surface area contributed by atoms with E-state index >= 15 is 0 Å². The van der Waals surface area contributed by atoms with Crippen molar-refractivity contribution in [2.45, 2.75) is 19.0 Å². The number of Topliss-reactive ketones (excluding diaryl/α,β-unsaturated/α-hetero) is 1. The van der Waals surface area contributed by atoms with Gasteiger partial charge in [0.05, 0.1) is 11.3 Å². The van der Waals surface area contributed by atoms with Crippen molar-refractivity contribution >= 4 is 34.1 Å². The number of aromatic nitrogens is 3. The van der Waals surface area contributed by atoms with Gasteiger partial charge in [-0.05, 0) is 36.9 Å². The van der Waals surface area contributed by atoms with E-state index < -0.39 is 0 Å². The number of fused-ring (bicyclic) bond motifs is 3. The standard InChI is InChI=1S/C20H17N3OS/c1-13-7-9-15(10-8-13)18(24)12-25-20-22-21-19-14(2)11-16-5-3-4-6-17(16)23(19)20/h3-11H,12H2,1-2H3. The Morgan fingerprint density at radius 2 is 1.80 bits per heavy atom. The van der Waals surface area contributed by atoms with Gasteiger partial charge in [0, 0.05) is 5.56 Å². The zero-order valence-electron chi connectivity index (χ0n) is 14.1. The van der Waals surface area contributed by atoms with Crippen LogP contribution in [-0.4, -0.2) is 26.1 Å². The van der Waals surface area contributed by atoms with E-state index in [9.17, 15) is 4.79 Å². The van der Waals surface area contributed by atoms with Crippen LogP contribution in [0.4, 0.5) is 0 Å². The predicted molar refractivity (Wildman–Crippen MR) is 101 cm³/mol. The van der Waals surface area contributed by atoms with Crippen molar-refractivity contribution < 1.29 is 4.79 Å². The molecular weight excluding hydrogens is 330 g/mol. The lowest BCUT2D eigenvalue weighted by atomic mass is 10.1. The Hall–Kier alpha value is -2.66. The Bertz CT molecular complexity index is 1080. The molecule has 0 saturated carbocycles. The monoisotopic (exact) mass is 347 g/mol. The average Bonchev–Trinajstić information content (AvgIpc) is 3.05. The van der Waals surface area contributed by atoms with Crippen LogP contribution in [-0.2, 0) is 0 Å². The van der Waals surface area contributed by atoms with E-state index in [-0.39, 0.29) is 5.78 Å². The molecule has 4 aromatic rings. The van der Waals surface area contributed by atoms with Gasteiger partial charge >= 0.3 is 0 Å². The average molecular weight is 347 g/mol. The minimum atomic E-state index is 0.0960. The third-order valence-electron chi connectivity index (χ3n) is 4.24. The van der Waals surface area contributed by atoms with Crippen LogP contribution in [0.5, 0.6) is 0 Å². The molecule has 0 radical (unpaired) electrons. The molecule has 4 rings (SSSR count). The maximum atomic E-state index is 12.4. The molecule has 0 N–H and O–H groups in total. The molecule has 0 bridgehead atoms. The van der Waals surface area contributed by atoms with Gasteiger partial charge in [0.15, 0.2) is 16.6 Å². The van der Waals surface area contributed by atoms with E-state index in [0.29, 0.717) is 5.75 Å². The topological polar surface area (TPSA) is 47.3 Å². The maximum Gasteiger partial charge on any atom is 0.196 e. The minimum Gasteiger partial charge on any atom is -0.293 e. The molecule has 25 heavy (non-hydrogen) atoms. The van der Waals surface area contributed by atoms with Gasteiger partial charge in [0.1, 0.15) is 0 Å². The molecule has 0 atom stereocenters. The Kier molecular flexibility index (Phi) is 4.01. The molecule has 124 valence electrons. The first kappa shape index (κ1) is 15.8. The summed E-state index contributed by atoms with van der Waals surface area (Å²) < 4.78 is 2.04. The molecule has 0 fully saturated rings. The quantitative estimate of drug-likeness (QED) is 0.403. The van der Waals surface area contributed by atoms with Crippen LogP contribution in [0.3, 0.4) is 0 Å². The molecule has 2 aromatic heterocycles. The van der Waals surface area contributed by atoms with Gasteiger partial charge in [0.25, 0.3) is 0 Å². The van der Waals surface area contributed by atoms with Crippen LogP contribution in [0.15, 0.2) is 59.8 Å². The van der Waals surface area contributed by atoms with Crippen molar-refractivity contribution in [1.82, 2.24) is 14.6 Å². The molecule has 0 saturated heterocycles. The highest BCUT2D eigenvalue weighted by Gasteiger charge is 2.14. The molecule has 0 aliphatic rings. The molecule has 2 heterocycles. The number of benzene rings is 2. The first-order chi connectivity index (χ1) is 12.1. The van der Waals surface area contributed by atoms with E-state index in [1.165, 1.54) is 11.8 Å². The number of aryl methyl sites for hydroxylation is 2. The molecule has 2 aromatic carbocycles. The fourth-order valence-electron chi connectivity index (χ4n) is 2.90. The highest BCUT2D eigenvalue weighted by atomic mass is 32.2. The zero-order chi connectivity index (χ0) is 17.4. The summed E-state index contributed by atoms with van der Waals surface area (Å²) in [5, 5.41) is 10.5. The number of carbonyl (C=O) groups excluding carboxylic acids is 1. The maximum absolute atomic E-state index is 12.4. The second kappa shape index (κ2) is 6.33. The van der Waals surface area contributed by atoms with E-state index in [0.717, 1.165) is 38.4 Å². The summed E-state index contributed by atoms with van der Waals surface area (Å²) in [4.78, 5) is 12.4. The first-order valence-electron chi connectivity index (χ1n) is 8.09. The Morgan fingerprint density at radius 1 is 1.04 bits per heavy atom. The summed E-state index contributed by atoms with van der Waals surface area (Å²) in [5.41, 5.74) is 4.84. The highest BCUT2D eigenvalue weighted by Crippen LogP contribution is 2.26. The van der Waals surface area contributed by atoms with Crippen molar-refractivity contribution in [3.63, 3.8) is 0 Å². The SMILES string of the molecule is Cc1ccc(C(=O)CSc2nnc3c(C)cc4ccccc4n23)cc1. The third-order valence-corrected chi connectivity index (χ3v) is 5.17. The fourth-order valence-corrected chi connectivity index (χ4v) is 3.74. The number of hydrogen-bond donors (Lipinski definition) is 0. The van der Waals surface area contributed by atoms with Gasteiger partial charge in [0.2, 0.25) is 0 Å². The van der Waals surface area contributed by atoms with Gasteiger partial charge < -0.3 is 0 Å². The van der Waals surface area contributed by atoms with Crippen molar-refractivity contribution in [1.29, 1.82) is 0 Å². The Morgan fingerprint density at radius 3 is 2.60 bits per heavy atom. The summed E-state index contributed by atoms with van der Waals surface area (Å²) in [6, 6.07) is 17.9. The normalized spacial score (nSPS) is 11.3. The predicted octanol–water partition coefficient (Wildman–Crippen LogP) is 4.47. The summed E-state index contributed by atoms with van der Waals surface area (Å²) in [5.74, 6) is 0.435. The van der Waals surface area contributed by atoms with Crippen LogP contribution in [0.2, 0.25) is 0 Å². The van der Waals surface area contributed by atoms with Crippen LogP contribution >= 0.6 is 11.8 Å². The number of ketones is 1. The number of rotatable bonds is 4. The van der Waals surface area contributed by atoms with Crippen molar-refractivity contribution in [3.05, 3.63) is 71.3 Å². The lowest BCUT2D eigenvalue weighted by Crippen LogP contribution is -2.03. The van der Waals surface area contributed by atoms with Crippen LogP contribution in [0, 0.1) is 13.8 Å². The van der Waals surface area contributed by atoms with Crippen molar-refractivity contribution in [3.8, 4) is 0 Å². The molecule has 5 heteroatoms. The number of pyridine rings is 1. The van der Waals surface area contributed by atoms with E-state index in [2.05, 4.69) is 28.4 Å². The molecule has 0 unspecified atom stereocenters. The summed E-state index contributed by atoms with van der Waals surface area (Å²) in [6.07, 6.45) is 0. The number of carbonyl (C=O) groups is 1. The van der Waals surface area contributed by atoms with Gasteiger partial charge in [-0.25, -0.2) is 0 Å². The molecule has 0 aliphatic carbocycles. The number of nitrogens with zero attached hydrogens (tertiary/aromatic N) is 3. The molecule has 0 amide bonds.